The van der Waals surface area contributed by atoms with E-state index in [9.17, 15) is 13.2 Å². The number of thiocarbonyl (C=S) groups is 1. The Bertz CT molecular complexity index is 814. The topological polar surface area (TPSA) is 78.9 Å². The summed E-state index contributed by atoms with van der Waals surface area (Å²) in [4.78, 5) is 12.7. The molecule has 0 aliphatic carbocycles. The van der Waals surface area contributed by atoms with E-state index in [0.717, 1.165) is 5.56 Å². The summed E-state index contributed by atoms with van der Waals surface area (Å²) in [5, 5.41) is -0.0233. The van der Waals surface area contributed by atoms with Crippen LogP contribution in [-0.2, 0) is 28.8 Å². The molecule has 0 radical (unpaired) electrons. The van der Waals surface area contributed by atoms with Gasteiger partial charge >= 0.3 is 0 Å². The van der Waals surface area contributed by atoms with Crippen LogP contribution in [0.4, 0.5) is 0 Å². The Morgan fingerprint density at radius 2 is 1.87 bits per heavy atom. The molecule has 2 rings (SSSR count). The number of carbonyl (C=O) groups excluding carboxylic acids is 1. The quantitative estimate of drug-likeness (QED) is 0.444. The third kappa shape index (κ3) is 8.26. The summed E-state index contributed by atoms with van der Waals surface area (Å²) in [5.74, 6) is -0.970. The summed E-state index contributed by atoms with van der Waals surface area (Å²) in [6.45, 7) is 7.21. The number of aryl methyl sites for hydroxylation is 1. The van der Waals surface area contributed by atoms with Crippen LogP contribution >= 0.6 is 24.0 Å². The second-order valence-corrected chi connectivity index (χ2v) is 11.4. The van der Waals surface area contributed by atoms with Crippen molar-refractivity contribution < 1.29 is 27.4 Å². The predicted molar refractivity (Wildman–Crippen MR) is 123 cm³/mol. The van der Waals surface area contributed by atoms with Gasteiger partial charge in [0.05, 0.1) is 30.5 Å². The molecular weight excluding hydrogens is 444 g/mol. The van der Waals surface area contributed by atoms with Crippen LogP contribution in [0.1, 0.15) is 45.1 Å². The van der Waals surface area contributed by atoms with Crippen molar-refractivity contribution in [2.75, 3.05) is 25.6 Å². The summed E-state index contributed by atoms with van der Waals surface area (Å²) in [6.07, 6.45) is 1.38. The summed E-state index contributed by atoms with van der Waals surface area (Å²) < 4.78 is 42.1. The second-order valence-electron chi connectivity index (χ2n) is 7.42. The van der Waals surface area contributed by atoms with E-state index in [1.54, 1.807) is 24.3 Å². The molecular formula is C21H30O6S3. The summed E-state index contributed by atoms with van der Waals surface area (Å²) >= 11 is 6.64. The van der Waals surface area contributed by atoms with Crippen LogP contribution < -0.4 is 0 Å². The number of benzene rings is 1. The number of ketones is 1. The molecule has 9 heteroatoms. The van der Waals surface area contributed by atoms with Crippen molar-refractivity contribution in [3.05, 3.63) is 29.8 Å². The number of rotatable bonds is 11. The van der Waals surface area contributed by atoms with E-state index >= 15 is 0 Å². The number of thioether (sulfide) groups is 1. The average Bonchev–Trinajstić information content (AvgIpc) is 3.11. The molecule has 30 heavy (non-hydrogen) atoms. The fourth-order valence-electron chi connectivity index (χ4n) is 3.14. The molecule has 1 aromatic carbocycles. The Kier molecular flexibility index (Phi) is 9.74. The highest BCUT2D eigenvalue weighted by Crippen LogP contribution is 2.32. The minimum atomic E-state index is -3.47. The van der Waals surface area contributed by atoms with Gasteiger partial charge in [-0.05, 0) is 51.5 Å². The van der Waals surface area contributed by atoms with Gasteiger partial charge in [-0.15, -0.1) is 0 Å². The number of hydrogen-bond donors (Lipinski definition) is 0. The molecule has 0 amide bonds. The third-order valence-electron chi connectivity index (χ3n) is 4.80. The van der Waals surface area contributed by atoms with Gasteiger partial charge < -0.3 is 14.2 Å². The highest BCUT2D eigenvalue weighted by Gasteiger charge is 2.35. The summed E-state index contributed by atoms with van der Waals surface area (Å²) in [5.41, 5.74) is 0.988. The fourth-order valence-corrected chi connectivity index (χ4v) is 6.03. The van der Waals surface area contributed by atoms with Gasteiger partial charge in [0.15, 0.2) is 15.6 Å². The molecule has 1 atom stereocenters. The molecule has 6 nitrogen and oxygen atoms in total. The van der Waals surface area contributed by atoms with Gasteiger partial charge in [0.25, 0.3) is 0 Å². The fraction of sp³-hybridized carbons (Fsp3) is 0.619. The van der Waals surface area contributed by atoms with E-state index in [4.69, 9.17) is 26.4 Å². The minimum absolute atomic E-state index is 0.00618. The zero-order chi connectivity index (χ0) is 22.2. The highest BCUT2D eigenvalue weighted by molar-refractivity contribution is 8.23. The van der Waals surface area contributed by atoms with Crippen molar-refractivity contribution in [1.29, 1.82) is 0 Å². The van der Waals surface area contributed by atoms with Gasteiger partial charge in [-0.25, -0.2) is 8.42 Å². The molecule has 0 N–H and O–H groups in total. The number of sulfone groups is 1. The smallest absolute Gasteiger partial charge is 0.220 e. The zero-order valence-electron chi connectivity index (χ0n) is 17.7. The van der Waals surface area contributed by atoms with Crippen molar-refractivity contribution in [3.8, 4) is 0 Å². The molecule has 1 heterocycles. The van der Waals surface area contributed by atoms with Crippen LogP contribution in [0.3, 0.4) is 0 Å². The lowest BCUT2D eigenvalue weighted by Gasteiger charge is -2.27. The van der Waals surface area contributed by atoms with Crippen LogP contribution in [0, 0.1) is 6.92 Å². The molecule has 1 aromatic rings. The molecule has 1 fully saturated rings. The third-order valence-corrected chi connectivity index (χ3v) is 7.98. The summed E-state index contributed by atoms with van der Waals surface area (Å²) in [6, 6.07) is 6.68. The zero-order valence-corrected chi connectivity index (χ0v) is 20.2. The highest BCUT2D eigenvalue weighted by atomic mass is 32.2. The van der Waals surface area contributed by atoms with Crippen LogP contribution in [0.15, 0.2) is 29.2 Å². The number of Topliss-reactive ketones (excluding diaryl/α,β-unsaturated/α-hetero) is 1. The lowest BCUT2D eigenvalue weighted by atomic mass is 10.1. The van der Waals surface area contributed by atoms with Crippen LogP contribution in [-0.4, -0.2) is 55.2 Å². The molecule has 0 saturated carbocycles. The van der Waals surface area contributed by atoms with Gasteiger partial charge in [0, 0.05) is 24.5 Å². The largest absolute Gasteiger partial charge is 0.479 e. The van der Waals surface area contributed by atoms with Gasteiger partial charge in [-0.3, -0.25) is 4.79 Å². The van der Waals surface area contributed by atoms with Gasteiger partial charge in [0.1, 0.15) is 5.78 Å². The van der Waals surface area contributed by atoms with Crippen LogP contribution in [0.5, 0.6) is 0 Å². The first-order valence-corrected chi connectivity index (χ1v) is 13.0. The Morgan fingerprint density at radius 1 is 1.23 bits per heavy atom. The van der Waals surface area contributed by atoms with Gasteiger partial charge in [0.2, 0.25) is 4.38 Å². The molecule has 0 spiro atoms. The lowest BCUT2D eigenvalue weighted by Crippen LogP contribution is -2.31. The van der Waals surface area contributed by atoms with E-state index in [0.29, 0.717) is 37.0 Å². The van der Waals surface area contributed by atoms with Crippen molar-refractivity contribution in [3.63, 3.8) is 0 Å². The number of ether oxygens (including phenoxy) is 3. The average molecular weight is 475 g/mol. The van der Waals surface area contributed by atoms with Crippen molar-refractivity contribution in [1.82, 2.24) is 0 Å². The maximum atomic E-state index is 12.5. The Morgan fingerprint density at radius 3 is 2.47 bits per heavy atom. The molecule has 168 valence electrons. The maximum absolute atomic E-state index is 12.5. The van der Waals surface area contributed by atoms with E-state index in [1.165, 1.54) is 11.8 Å². The van der Waals surface area contributed by atoms with Crippen LogP contribution in [0.2, 0.25) is 0 Å². The van der Waals surface area contributed by atoms with Crippen molar-refractivity contribution in [2.45, 2.75) is 62.4 Å². The first kappa shape index (κ1) is 25.3. The predicted octanol–water partition coefficient (Wildman–Crippen LogP) is 4.08. The molecule has 1 saturated heterocycles. The van der Waals surface area contributed by atoms with Gasteiger partial charge in [-0.1, -0.05) is 29.5 Å². The Hall–Kier alpha value is -1.00. The molecule has 1 aliphatic rings. The van der Waals surface area contributed by atoms with Crippen molar-refractivity contribution >= 4 is 44.0 Å². The molecule has 0 aromatic heterocycles. The van der Waals surface area contributed by atoms with Crippen molar-refractivity contribution in [2.24, 2.45) is 0 Å². The van der Waals surface area contributed by atoms with E-state index in [2.05, 4.69) is 0 Å². The maximum Gasteiger partial charge on any atom is 0.220 e. The molecule has 1 unspecified atom stereocenters. The van der Waals surface area contributed by atoms with Gasteiger partial charge in [-0.2, -0.15) is 0 Å². The Labute approximate surface area is 189 Å². The van der Waals surface area contributed by atoms with E-state index in [-0.39, 0.29) is 34.5 Å². The van der Waals surface area contributed by atoms with E-state index in [1.807, 2.05) is 20.8 Å². The number of carbonyl (C=O) groups is 1. The number of hydrogen-bond acceptors (Lipinski definition) is 8. The van der Waals surface area contributed by atoms with Crippen LogP contribution in [0.25, 0.3) is 0 Å². The first-order valence-electron chi connectivity index (χ1n) is 10.1. The van der Waals surface area contributed by atoms with E-state index < -0.39 is 15.6 Å². The second kappa shape index (κ2) is 11.6. The SMILES string of the molecule is CCOC(=S)SC(CCC(=O)CCS(=O)(=O)c1ccc(C)cc1)CC1(C)OCCO1. The minimum Gasteiger partial charge on any atom is -0.479 e. The monoisotopic (exact) mass is 474 g/mol. The lowest BCUT2D eigenvalue weighted by molar-refractivity contribution is -0.146. The first-order chi connectivity index (χ1) is 14.1. The normalized spacial score (nSPS) is 16.9. The summed E-state index contributed by atoms with van der Waals surface area (Å²) in [7, 11) is -3.47. The molecule has 0 bridgehead atoms. The molecule has 1 aliphatic heterocycles. The standard InChI is InChI=1S/C21H30O6S3/c1-4-25-20(28)29-18(15-21(3)26-12-13-27-21)8-7-17(22)11-14-30(23,24)19-9-5-16(2)6-10-19/h5-6,9-10,18H,4,7-8,11-15H2,1-3H3. The Balaban J connectivity index is 1.88.